The monoisotopic (exact) mass is 490 g/mol. The van der Waals surface area contributed by atoms with Gasteiger partial charge in [0.05, 0.1) is 23.7 Å². The minimum atomic E-state index is -0.377. The van der Waals surface area contributed by atoms with Crippen molar-refractivity contribution in [3.8, 4) is 0 Å². The summed E-state index contributed by atoms with van der Waals surface area (Å²) < 4.78 is 5.22. The second kappa shape index (κ2) is 10.6. The first-order valence-corrected chi connectivity index (χ1v) is 12.4. The number of piperidine rings is 1. The summed E-state index contributed by atoms with van der Waals surface area (Å²) in [5, 5.41) is 8.76. The van der Waals surface area contributed by atoms with Crippen LogP contribution in [0.5, 0.6) is 0 Å². The van der Waals surface area contributed by atoms with Crippen LogP contribution >= 0.6 is 22.9 Å². The van der Waals surface area contributed by atoms with Gasteiger partial charge in [0.25, 0.3) is 0 Å². The van der Waals surface area contributed by atoms with Gasteiger partial charge in [-0.25, -0.2) is 9.78 Å². The van der Waals surface area contributed by atoms with Gasteiger partial charge in [0.2, 0.25) is 11.8 Å². The number of hydrogen-bond acceptors (Lipinski definition) is 7. The molecule has 8 nitrogen and oxygen atoms in total. The predicted octanol–water partition coefficient (Wildman–Crippen LogP) is 4.14. The zero-order chi connectivity index (χ0) is 23.4. The summed E-state index contributed by atoms with van der Waals surface area (Å²) >= 11 is 7.20. The van der Waals surface area contributed by atoms with E-state index in [2.05, 4.69) is 15.6 Å². The first kappa shape index (κ1) is 23.7. The summed E-state index contributed by atoms with van der Waals surface area (Å²) in [7, 11) is 0. The molecular weight excluding hydrogens is 464 g/mol. The Labute approximate surface area is 201 Å². The maximum absolute atomic E-state index is 12.7. The first-order valence-electron chi connectivity index (χ1n) is 11.2. The molecule has 2 aromatic heterocycles. The van der Waals surface area contributed by atoms with Crippen LogP contribution in [-0.4, -0.2) is 53.9 Å². The molecule has 33 heavy (non-hydrogen) atoms. The Morgan fingerprint density at radius 1 is 1.18 bits per heavy atom. The summed E-state index contributed by atoms with van der Waals surface area (Å²) in [4.78, 5) is 43.8. The van der Waals surface area contributed by atoms with Crippen molar-refractivity contribution < 1.29 is 19.1 Å². The summed E-state index contributed by atoms with van der Waals surface area (Å²) in [6.07, 6.45) is 4.93. The third-order valence-electron chi connectivity index (χ3n) is 5.87. The predicted molar refractivity (Wildman–Crippen MR) is 128 cm³/mol. The van der Waals surface area contributed by atoms with E-state index in [-0.39, 0.29) is 30.2 Å². The molecule has 2 aliphatic rings. The Morgan fingerprint density at radius 2 is 1.94 bits per heavy atom. The van der Waals surface area contributed by atoms with Crippen LogP contribution in [0.3, 0.4) is 0 Å². The molecule has 1 aliphatic carbocycles. The number of pyridine rings is 1. The van der Waals surface area contributed by atoms with E-state index in [1.165, 1.54) is 17.5 Å². The lowest BCUT2D eigenvalue weighted by Gasteiger charge is -2.30. The number of likely N-dealkylation sites (tertiary alicyclic amines) is 1. The van der Waals surface area contributed by atoms with Crippen LogP contribution in [0.15, 0.2) is 23.7 Å². The zero-order valence-corrected chi connectivity index (χ0v) is 20.0. The van der Waals surface area contributed by atoms with Crippen LogP contribution in [0.1, 0.15) is 54.4 Å². The van der Waals surface area contributed by atoms with E-state index in [4.69, 9.17) is 16.3 Å². The molecule has 0 aromatic carbocycles. The third-order valence-corrected chi connectivity index (χ3v) is 7.01. The molecule has 1 saturated heterocycles. The normalized spacial score (nSPS) is 16.9. The van der Waals surface area contributed by atoms with E-state index in [0.29, 0.717) is 59.9 Å². The molecule has 2 fully saturated rings. The van der Waals surface area contributed by atoms with Gasteiger partial charge in [-0.15, -0.1) is 11.3 Å². The smallest absolute Gasteiger partial charge is 0.341 e. The fraction of sp³-hybridized carbons (Fsp3) is 0.478. The fourth-order valence-electron chi connectivity index (χ4n) is 3.97. The first-order chi connectivity index (χ1) is 15.9. The van der Waals surface area contributed by atoms with Crippen LogP contribution in [0.4, 0.5) is 10.8 Å². The SMILES string of the molecule is CCOC(=O)c1c(C2CC2)csc1NC(=O)CN1CCC(C(=O)Nc2ccc(Cl)cn2)CC1. The van der Waals surface area contributed by atoms with Gasteiger partial charge in [-0.3, -0.25) is 14.5 Å². The number of halogens is 1. The van der Waals surface area contributed by atoms with Crippen molar-refractivity contribution >= 4 is 51.5 Å². The van der Waals surface area contributed by atoms with Gasteiger partial charge in [-0.1, -0.05) is 11.6 Å². The number of aromatic nitrogens is 1. The molecule has 2 amide bonds. The number of carbonyl (C=O) groups is 3. The van der Waals surface area contributed by atoms with Gasteiger partial charge in [0.15, 0.2) is 0 Å². The molecule has 0 atom stereocenters. The topological polar surface area (TPSA) is 101 Å². The minimum Gasteiger partial charge on any atom is -0.462 e. The summed E-state index contributed by atoms with van der Waals surface area (Å²) in [5.74, 6) is 0.121. The number of hydrogen-bond donors (Lipinski definition) is 2. The molecule has 0 unspecified atom stereocenters. The molecule has 0 radical (unpaired) electrons. The van der Waals surface area contributed by atoms with E-state index >= 15 is 0 Å². The number of ether oxygens (including phenoxy) is 1. The number of esters is 1. The molecule has 0 bridgehead atoms. The van der Waals surface area contributed by atoms with Crippen molar-refractivity contribution in [2.45, 2.75) is 38.5 Å². The minimum absolute atomic E-state index is 0.0702. The van der Waals surface area contributed by atoms with Crippen LogP contribution in [0.25, 0.3) is 0 Å². The Hall–Kier alpha value is -2.49. The Kier molecular flexibility index (Phi) is 7.62. The quantitative estimate of drug-likeness (QED) is 0.539. The number of rotatable bonds is 8. The molecule has 3 heterocycles. The highest BCUT2D eigenvalue weighted by Gasteiger charge is 2.33. The van der Waals surface area contributed by atoms with Crippen molar-refractivity contribution in [1.82, 2.24) is 9.88 Å². The number of nitrogens with one attached hydrogen (secondary N) is 2. The number of nitrogens with zero attached hydrogens (tertiary/aromatic N) is 2. The molecule has 4 rings (SSSR count). The van der Waals surface area contributed by atoms with Gasteiger partial charge in [-0.2, -0.15) is 0 Å². The van der Waals surface area contributed by atoms with Crippen LogP contribution in [0, 0.1) is 5.92 Å². The fourth-order valence-corrected chi connectivity index (χ4v) is 5.13. The van der Waals surface area contributed by atoms with Gasteiger partial charge in [0, 0.05) is 12.1 Å². The summed E-state index contributed by atoms with van der Waals surface area (Å²) in [5.41, 5.74) is 1.49. The van der Waals surface area contributed by atoms with Gasteiger partial charge in [-0.05, 0) is 74.7 Å². The molecule has 1 saturated carbocycles. The molecule has 0 spiro atoms. The maximum atomic E-state index is 12.7. The summed E-state index contributed by atoms with van der Waals surface area (Å²) in [6, 6.07) is 3.35. The largest absolute Gasteiger partial charge is 0.462 e. The Morgan fingerprint density at radius 3 is 2.58 bits per heavy atom. The van der Waals surface area contributed by atoms with Crippen LogP contribution in [-0.2, 0) is 14.3 Å². The van der Waals surface area contributed by atoms with Crippen molar-refractivity contribution in [3.05, 3.63) is 39.9 Å². The average Bonchev–Trinajstić information content (AvgIpc) is 3.56. The Balaban J connectivity index is 1.28. The average molecular weight is 491 g/mol. The van der Waals surface area contributed by atoms with Gasteiger partial charge < -0.3 is 15.4 Å². The lowest BCUT2D eigenvalue weighted by molar-refractivity contribution is -0.121. The molecule has 2 aromatic rings. The standard InChI is InChI=1S/C23H27ClN4O4S/c1-2-32-23(31)20-17(14-3-4-14)13-33-22(20)27-19(29)12-28-9-7-15(8-10-28)21(30)26-18-6-5-16(24)11-25-18/h5-6,11,13-15H,2-4,7-10,12H2,1H3,(H,27,29)(H,25,26,30). The van der Waals surface area contributed by atoms with E-state index in [1.807, 2.05) is 10.3 Å². The van der Waals surface area contributed by atoms with Gasteiger partial charge in [0.1, 0.15) is 10.8 Å². The van der Waals surface area contributed by atoms with E-state index in [9.17, 15) is 14.4 Å². The van der Waals surface area contributed by atoms with Crippen molar-refractivity contribution in [2.24, 2.45) is 5.92 Å². The second-order valence-corrected chi connectivity index (χ2v) is 9.66. The molecular formula is C23H27ClN4O4S. The van der Waals surface area contributed by atoms with Crippen molar-refractivity contribution in [1.29, 1.82) is 0 Å². The van der Waals surface area contributed by atoms with Gasteiger partial charge >= 0.3 is 5.97 Å². The van der Waals surface area contributed by atoms with E-state index in [1.54, 1.807) is 19.1 Å². The lowest BCUT2D eigenvalue weighted by Crippen LogP contribution is -2.41. The number of thiophene rings is 1. The highest BCUT2D eigenvalue weighted by Crippen LogP contribution is 2.46. The van der Waals surface area contributed by atoms with E-state index in [0.717, 1.165) is 18.4 Å². The van der Waals surface area contributed by atoms with E-state index < -0.39 is 0 Å². The Bertz CT molecular complexity index is 1010. The number of amides is 2. The van der Waals surface area contributed by atoms with Crippen LogP contribution < -0.4 is 10.6 Å². The zero-order valence-electron chi connectivity index (χ0n) is 18.4. The molecule has 176 valence electrons. The number of carbonyl (C=O) groups excluding carboxylic acids is 3. The number of anilines is 2. The third kappa shape index (κ3) is 6.10. The lowest BCUT2D eigenvalue weighted by atomic mass is 9.96. The highest BCUT2D eigenvalue weighted by atomic mass is 35.5. The summed E-state index contributed by atoms with van der Waals surface area (Å²) in [6.45, 7) is 3.56. The highest BCUT2D eigenvalue weighted by molar-refractivity contribution is 7.15. The molecule has 2 N–H and O–H groups in total. The maximum Gasteiger partial charge on any atom is 0.341 e. The molecule has 1 aliphatic heterocycles. The molecule has 10 heteroatoms. The van der Waals surface area contributed by atoms with Crippen molar-refractivity contribution in [3.63, 3.8) is 0 Å². The van der Waals surface area contributed by atoms with Crippen molar-refractivity contribution in [2.75, 3.05) is 36.9 Å². The second-order valence-electron chi connectivity index (χ2n) is 8.34. The van der Waals surface area contributed by atoms with Crippen LogP contribution in [0.2, 0.25) is 5.02 Å².